The molecule has 1 fully saturated rings. The van der Waals surface area contributed by atoms with Crippen LogP contribution in [0.15, 0.2) is 0 Å². The summed E-state index contributed by atoms with van der Waals surface area (Å²) in [6.07, 6.45) is 0. The van der Waals surface area contributed by atoms with Crippen molar-refractivity contribution in [3.05, 3.63) is 0 Å². The highest BCUT2D eigenvalue weighted by Crippen LogP contribution is 2.30. The summed E-state index contributed by atoms with van der Waals surface area (Å²) >= 11 is 0. The third-order valence-electron chi connectivity index (χ3n) is 2.96. The topological polar surface area (TPSA) is 12.5 Å². The van der Waals surface area contributed by atoms with Gasteiger partial charge in [0.1, 0.15) is 0 Å². The van der Waals surface area contributed by atoms with Crippen LogP contribution < -0.4 is 0 Å². The lowest BCUT2D eigenvalue weighted by Crippen LogP contribution is -2.51. The summed E-state index contributed by atoms with van der Waals surface area (Å²) in [5, 5.41) is 0. The fraction of sp³-hybridized carbons (Fsp3) is 1.00. The molecule has 14 heavy (non-hydrogen) atoms. The van der Waals surface area contributed by atoms with Crippen molar-refractivity contribution in [2.45, 2.75) is 40.7 Å². The Kier molecular flexibility index (Phi) is 3.96. The van der Waals surface area contributed by atoms with Gasteiger partial charge in [0, 0.05) is 19.1 Å². The Labute approximate surface area is 88.6 Å². The van der Waals surface area contributed by atoms with Crippen molar-refractivity contribution in [3.8, 4) is 0 Å². The third-order valence-corrected chi connectivity index (χ3v) is 2.96. The molecule has 2 heteroatoms. The van der Waals surface area contributed by atoms with Gasteiger partial charge in [-0.15, -0.1) is 0 Å². The first kappa shape index (κ1) is 12.0. The molecule has 1 aliphatic heterocycles. The van der Waals surface area contributed by atoms with Crippen LogP contribution in [0.1, 0.15) is 34.6 Å². The van der Waals surface area contributed by atoms with Crippen LogP contribution in [-0.4, -0.2) is 37.2 Å². The van der Waals surface area contributed by atoms with E-state index in [1.165, 1.54) is 0 Å². The normalized spacial score (nSPS) is 22.7. The largest absolute Gasteiger partial charge is 0.379 e. The monoisotopic (exact) mass is 199 g/mol. The lowest BCUT2D eigenvalue weighted by molar-refractivity contribution is -0.0252. The average molecular weight is 199 g/mol. The molecule has 84 valence electrons. The summed E-state index contributed by atoms with van der Waals surface area (Å²) in [4.78, 5) is 2.59. The van der Waals surface area contributed by atoms with Gasteiger partial charge in [-0.25, -0.2) is 0 Å². The van der Waals surface area contributed by atoms with E-state index in [9.17, 15) is 0 Å². The van der Waals surface area contributed by atoms with E-state index in [1.807, 2.05) is 0 Å². The lowest BCUT2D eigenvalue weighted by Gasteiger charge is -2.44. The van der Waals surface area contributed by atoms with Crippen molar-refractivity contribution in [1.29, 1.82) is 0 Å². The van der Waals surface area contributed by atoms with Gasteiger partial charge >= 0.3 is 0 Å². The van der Waals surface area contributed by atoms with E-state index in [-0.39, 0.29) is 0 Å². The maximum absolute atomic E-state index is 5.40. The molecule has 0 aliphatic carbocycles. The first-order valence-corrected chi connectivity index (χ1v) is 5.74. The van der Waals surface area contributed by atoms with E-state index >= 15 is 0 Å². The molecule has 1 unspecified atom stereocenters. The van der Waals surface area contributed by atoms with Crippen LogP contribution in [0, 0.1) is 11.3 Å². The number of nitrogens with zero attached hydrogens (tertiary/aromatic N) is 1. The molecule has 0 bridgehead atoms. The number of ether oxygens (including phenoxy) is 1. The van der Waals surface area contributed by atoms with Gasteiger partial charge in [-0.2, -0.15) is 0 Å². The Hall–Kier alpha value is -0.0800. The summed E-state index contributed by atoms with van der Waals surface area (Å²) in [6, 6.07) is 0.673. The Bertz CT molecular complexity index is 166. The van der Waals surface area contributed by atoms with Gasteiger partial charge in [0.05, 0.1) is 13.2 Å². The Morgan fingerprint density at radius 1 is 1.07 bits per heavy atom. The average Bonchev–Trinajstić information content (AvgIpc) is 2.02. The van der Waals surface area contributed by atoms with Crippen molar-refractivity contribution in [2.24, 2.45) is 11.3 Å². The second-order valence-electron chi connectivity index (χ2n) is 5.70. The first-order valence-electron chi connectivity index (χ1n) is 5.74. The van der Waals surface area contributed by atoms with E-state index in [0.29, 0.717) is 17.4 Å². The Morgan fingerprint density at radius 2 is 1.57 bits per heavy atom. The number of rotatable bonds is 2. The van der Waals surface area contributed by atoms with Crippen molar-refractivity contribution in [1.82, 2.24) is 4.90 Å². The summed E-state index contributed by atoms with van der Waals surface area (Å²) in [5.41, 5.74) is 0.367. The molecule has 0 N–H and O–H groups in total. The molecule has 0 aromatic rings. The molecule has 0 amide bonds. The highest BCUT2D eigenvalue weighted by Gasteiger charge is 2.33. The van der Waals surface area contributed by atoms with Gasteiger partial charge in [-0.3, -0.25) is 4.90 Å². The molecular formula is C12H25NO. The molecule has 1 aliphatic rings. The van der Waals surface area contributed by atoms with Crippen LogP contribution in [-0.2, 0) is 4.74 Å². The molecule has 1 saturated heterocycles. The molecule has 2 nitrogen and oxygen atoms in total. The predicted octanol–water partition coefficient (Wildman–Crippen LogP) is 2.39. The van der Waals surface area contributed by atoms with Crippen LogP contribution in [0.5, 0.6) is 0 Å². The zero-order valence-electron chi connectivity index (χ0n) is 10.3. The smallest absolute Gasteiger partial charge is 0.0594 e. The van der Waals surface area contributed by atoms with Crippen LogP contribution in [0.2, 0.25) is 0 Å². The second-order valence-corrected chi connectivity index (χ2v) is 5.70. The number of hydrogen-bond donors (Lipinski definition) is 0. The first-order chi connectivity index (χ1) is 6.43. The van der Waals surface area contributed by atoms with Gasteiger partial charge in [0.25, 0.3) is 0 Å². The molecule has 0 saturated carbocycles. The van der Waals surface area contributed by atoms with Crippen molar-refractivity contribution < 1.29 is 4.74 Å². The van der Waals surface area contributed by atoms with Gasteiger partial charge in [0.2, 0.25) is 0 Å². The van der Waals surface area contributed by atoms with Crippen molar-refractivity contribution in [3.63, 3.8) is 0 Å². The zero-order chi connectivity index (χ0) is 10.8. The van der Waals surface area contributed by atoms with Gasteiger partial charge in [-0.05, 0) is 11.3 Å². The minimum Gasteiger partial charge on any atom is -0.379 e. The van der Waals surface area contributed by atoms with E-state index in [1.54, 1.807) is 0 Å². The molecule has 0 aromatic heterocycles. The highest BCUT2D eigenvalue weighted by molar-refractivity contribution is 4.86. The second kappa shape index (κ2) is 4.63. The minimum atomic E-state index is 0.367. The zero-order valence-corrected chi connectivity index (χ0v) is 10.3. The molecule has 0 spiro atoms. The standard InChI is InChI=1S/C12H25NO/c1-10(2)11(12(3,4)5)13-6-8-14-9-7-13/h10-11H,6-9H2,1-5H3. The van der Waals surface area contributed by atoms with Crippen LogP contribution in [0.4, 0.5) is 0 Å². The Morgan fingerprint density at radius 3 is 1.93 bits per heavy atom. The fourth-order valence-corrected chi connectivity index (χ4v) is 2.83. The molecule has 1 heterocycles. The van der Waals surface area contributed by atoms with Gasteiger partial charge < -0.3 is 4.74 Å². The van der Waals surface area contributed by atoms with Crippen molar-refractivity contribution in [2.75, 3.05) is 26.3 Å². The summed E-state index contributed by atoms with van der Waals surface area (Å²) in [7, 11) is 0. The lowest BCUT2D eigenvalue weighted by atomic mass is 9.79. The molecular weight excluding hydrogens is 174 g/mol. The third kappa shape index (κ3) is 2.96. The van der Waals surface area contributed by atoms with Gasteiger partial charge in [-0.1, -0.05) is 34.6 Å². The SMILES string of the molecule is CC(C)C(N1CCOCC1)C(C)(C)C. The summed E-state index contributed by atoms with van der Waals surface area (Å²) in [6.45, 7) is 15.7. The van der Waals surface area contributed by atoms with E-state index in [0.717, 1.165) is 26.3 Å². The highest BCUT2D eigenvalue weighted by atomic mass is 16.5. The fourth-order valence-electron chi connectivity index (χ4n) is 2.83. The predicted molar refractivity (Wildman–Crippen MR) is 60.5 cm³/mol. The maximum Gasteiger partial charge on any atom is 0.0594 e. The van der Waals surface area contributed by atoms with Crippen molar-refractivity contribution >= 4 is 0 Å². The number of hydrogen-bond acceptors (Lipinski definition) is 2. The van der Waals surface area contributed by atoms with Crippen LogP contribution >= 0.6 is 0 Å². The van der Waals surface area contributed by atoms with E-state index < -0.39 is 0 Å². The van der Waals surface area contributed by atoms with Gasteiger partial charge in [0.15, 0.2) is 0 Å². The molecule has 0 radical (unpaired) electrons. The molecule has 1 rings (SSSR count). The minimum absolute atomic E-state index is 0.367. The molecule has 0 aromatic carbocycles. The summed E-state index contributed by atoms with van der Waals surface area (Å²) < 4.78 is 5.40. The quantitative estimate of drug-likeness (QED) is 0.677. The Balaban J connectivity index is 2.66. The molecule has 1 atom stereocenters. The number of morpholine rings is 1. The van der Waals surface area contributed by atoms with Crippen LogP contribution in [0.25, 0.3) is 0 Å². The van der Waals surface area contributed by atoms with E-state index in [2.05, 4.69) is 39.5 Å². The van der Waals surface area contributed by atoms with Crippen LogP contribution in [0.3, 0.4) is 0 Å². The maximum atomic E-state index is 5.40. The summed E-state index contributed by atoms with van der Waals surface area (Å²) in [5.74, 6) is 0.716. The van der Waals surface area contributed by atoms with E-state index in [4.69, 9.17) is 4.74 Å².